The highest BCUT2D eigenvalue weighted by molar-refractivity contribution is 6.38. The summed E-state index contributed by atoms with van der Waals surface area (Å²) in [5, 5.41) is 10.8. The van der Waals surface area contributed by atoms with Gasteiger partial charge in [0, 0.05) is 6.07 Å². The van der Waals surface area contributed by atoms with Crippen LogP contribution in [0.15, 0.2) is 12.1 Å². The van der Waals surface area contributed by atoms with Crippen LogP contribution in [0.3, 0.4) is 0 Å². The number of nitrogens with zero attached hydrogens (tertiary/aromatic N) is 1. The summed E-state index contributed by atoms with van der Waals surface area (Å²) < 4.78 is 0. The van der Waals surface area contributed by atoms with E-state index in [1.165, 1.54) is 12.1 Å². The van der Waals surface area contributed by atoms with Crippen LogP contribution in [-0.4, -0.2) is 16.6 Å². The molecule has 4 nitrogen and oxygen atoms in total. The summed E-state index contributed by atoms with van der Waals surface area (Å²) in [6.45, 7) is 1.66. The summed E-state index contributed by atoms with van der Waals surface area (Å²) in [5.74, 6) is -0.878. The first kappa shape index (κ1) is 11.9. The molecule has 0 heterocycles. The molecule has 6 heteroatoms. The molecule has 0 N–H and O–H groups in total. The van der Waals surface area contributed by atoms with Crippen LogP contribution in [0, 0.1) is 17.0 Å². The van der Waals surface area contributed by atoms with Gasteiger partial charge in [-0.3, -0.25) is 14.9 Å². The minimum absolute atomic E-state index is 0.0624. The second-order valence-electron chi connectivity index (χ2n) is 2.95. The van der Waals surface area contributed by atoms with E-state index in [1.807, 2.05) is 0 Å². The van der Waals surface area contributed by atoms with E-state index >= 15 is 0 Å². The summed E-state index contributed by atoms with van der Waals surface area (Å²) in [7, 11) is 0. The SMILES string of the molecule is Cc1cc(Cl)c(C(=O)CCl)c([N+](=O)[O-])c1. The number of carbonyl (C=O) groups is 1. The number of carbonyl (C=O) groups excluding carboxylic acids is 1. The van der Waals surface area contributed by atoms with Gasteiger partial charge in [-0.05, 0) is 18.6 Å². The number of rotatable bonds is 3. The number of hydrogen-bond acceptors (Lipinski definition) is 3. The van der Waals surface area contributed by atoms with Gasteiger partial charge in [0.25, 0.3) is 5.69 Å². The zero-order valence-electron chi connectivity index (χ0n) is 7.79. The number of Topliss-reactive ketones (excluding diaryl/α,β-unsaturated/α-hetero) is 1. The first-order valence-electron chi connectivity index (χ1n) is 4.01. The van der Waals surface area contributed by atoms with Crippen molar-refractivity contribution < 1.29 is 9.72 Å². The highest BCUT2D eigenvalue weighted by Gasteiger charge is 2.23. The van der Waals surface area contributed by atoms with Crippen molar-refractivity contribution in [2.45, 2.75) is 6.92 Å². The molecular weight excluding hydrogens is 241 g/mol. The van der Waals surface area contributed by atoms with Gasteiger partial charge in [0.1, 0.15) is 5.56 Å². The molecule has 0 radical (unpaired) electrons. The Morgan fingerprint density at radius 3 is 2.60 bits per heavy atom. The van der Waals surface area contributed by atoms with Crippen LogP contribution >= 0.6 is 23.2 Å². The van der Waals surface area contributed by atoms with Gasteiger partial charge in [-0.2, -0.15) is 0 Å². The second kappa shape index (κ2) is 4.59. The number of aryl methyl sites for hydroxylation is 1. The predicted octanol–water partition coefficient (Wildman–Crippen LogP) is 2.98. The number of nitro groups is 1. The van der Waals surface area contributed by atoms with Crippen molar-refractivity contribution in [3.05, 3.63) is 38.4 Å². The summed E-state index contributed by atoms with van der Waals surface area (Å²) in [6.07, 6.45) is 0. The van der Waals surface area contributed by atoms with Crippen LogP contribution in [0.25, 0.3) is 0 Å². The molecule has 0 spiro atoms. The summed E-state index contributed by atoms with van der Waals surface area (Å²) >= 11 is 11.1. The van der Waals surface area contributed by atoms with E-state index in [9.17, 15) is 14.9 Å². The Hall–Kier alpha value is -1.13. The summed E-state index contributed by atoms with van der Waals surface area (Å²) in [5.41, 5.74) is 0.200. The Bertz CT molecular complexity index is 432. The Balaban J connectivity index is 3.46. The lowest BCUT2D eigenvalue weighted by molar-refractivity contribution is -0.385. The standard InChI is InChI=1S/C9H7Cl2NO3/c1-5-2-6(11)9(8(13)4-10)7(3-5)12(14)15/h2-3H,4H2,1H3. The van der Waals surface area contributed by atoms with Gasteiger partial charge in [0.15, 0.2) is 5.78 Å². The normalized spacial score (nSPS) is 10.1. The number of alkyl halides is 1. The first-order valence-corrected chi connectivity index (χ1v) is 4.92. The minimum Gasteiger partial charge on any atom is -0.292 e. The summed E-state index contributed by atoms with van der Waals surface area (Å²) in [6, 6.07) is 2.79. The molecule has 0 aromatic heterocycles. The van der Waals surface area contributed by atoms with Crippen molar-refractivity contribution in [3.8, 4) is 0 Å². The van der Waals surface area contributed by atoms with Gasteiger partial charge in [-0.1, -0.05) is 11.6 Å². The molecule has 0 aliphatic heterocycles. The topological polar surface area (TPSA) is 60.2 Å². The van der Waals surface area contributed by atoms with Gasteiger partial charge in [-0.15, -0.1) is 11.6 Å². The molecule has 1 aromatic rings. The molecule has 0 aliphatic carbocycles. The van der Waals surface area contributed by atoms with Crippen LogP contribution in [0.2, 0.25) is 5.02 Å². The van der Waals surface area contributed by atoms with E-state index in [-0.39, 0.29) is 22.2 Å². The number of hydrogen-bond donors (Lipinski definition) is 0. The molecule has 1 rings (SSSR count). The zero-order valence-corrected chi connectivity index (χ0v) is 9.30. The molecule has 0 aliphatic rings. The monoisotopic (exact) mass is 247 g/mol. The average molecular weight is 248 g/mol. The van der Waals surface area contributed by atoms with Crippen molar-refractivity contribution in [1.82, 2.24) is 0 Å². The van der Waals surface area contributed by atoms with Crippen LogP contribution in [-0.2, 0) is 0 Å². The van der Waals surface area contributed by atoms with E-state index in [0.29, 0.717) is 5.56 Å². The Morgan fingerprint density at radius 2 is 2.13 bits per heavy atom. The maximum atomic E-state index is 11.4. The van der Waals surface area contributed by atoms with Crippen molar-refractivity contribution in [3.63, 3.8) is 0 Å². The molecule has 0 bridgehead atoms. The van der Waals surface area contributed by atoms with Crippen LogP contribution in [0.5, 0.6) is 0 Å². The van der Waals surface area contributed by atoms with E-state index in [1.54, 1.807) is 6.92 Å². The smallest absolute Gasteiger partial charge is 0.282 e. The van der Waals surface area contributed by atoms with Gasteiger partial charge >= 0.3 is 0 Å². The van der Waals surface area contributed by atoms with Crippen LogP contribution in [0.1, 0.15) is 15.9 Å². The third-order valence-electron chi connectivity index (χ3n) is 1.81. The van der Waals surface area contributed by atoms with Gasteiger partial charge in [0.05, 0.1) is 15.8 Å². The van der Waals surface area contributed by atoms with Crippen LogP contribution in [0.4, 0.5) is 5.69 Å². The molecule has 0 saturated heterocycles. The molecule has 0 amide bonds. The molecule has 0 unspecified atom stereocenters. The number of ketones is 1. The Morgan fingerprint density at radius 1 is 1.53 bits per heavy atom. The lowest BCUT2D eigenvalue weighted by Gasteiger charge is -2.03. The maximum Gasteiger partial charge on any atom is 0.282 e. The first-order chi connectivity index (χ1) is 6.97. The average Bonchev–Trinajstić information content (AvgIpc) is 2.15. The second-order valence-corrected chi connectivity index (χ2v) is 3.63. The van der Waals surface area contributed by atoms with Crippen molar-refractivity contribution >= 4 is 34.7 Å². The third-order valence-corrected chi connectivity index (χ3v) is 2.35. The third kappa shape index (κ3) is 2.46. The Labute approximate surface area is 95.9 Å². The molecule has 0 saturated carbocycles. The van der Waals surface area contributed by atoms with E-state index < -0.39 is 10.7 Å². The molecule has 0 fully saturated rings. The van der Waals surface area contributed by atoms with Gasteiger partial charge in [0.2, 0.25) is 0 Å². The van der Waals surface area contributed by atoms with E-state index in [4.69, 9.17) is 23.2 Å². The van der Waals surface area contributed by atoms with Crippen molar-refractivity contribution in [2.24, 2.45) is 0 Å². The highest BCUT2D eigenvalue weighted by Crippen LogP contribution is 2.28. The van der Waals surface area contributed by atoms with Crippen molar-refractivity contribution in [1.29, 1.82) is 0 Å². The predicted molar refractivity (Wildman–Crippen MR) is 57.9 cm³/mol. The summed E-state index contributed by atoms with van der Waals surface area (Å²) in [4.78, 5) is 21.4. The van der Waals surface area contributed by atoms with Gasteiger partial charge in [-0.25, -0.2) is 0 Å². The largest absolute Gasteiger partial charge is 0.292 e. The van der Waals surface area contributed by atoms with Crippen molar-refractivity contribution in [2.75, 3.05) is 5.88 Å². The molecule has 0 atom stereocenters. The Kier molecular flexibility index (Phi) is 3.66. The molecular formula is C9H7Cl2NO3. The number of halogens is 2. The van der Waals surface area contributed by atoms with E-state index in [2.05, 4.69) is 0 Å². The lowest BCUT2D eigenvalue weighted by Crippen LogP contribution is -2.06. The quantitative estimate of drug-likeness (QED) is 0.357. The van der Waals surface area contributed by atoms with Crippen LogP contribution < -0.4 is 0 Å². The lowest BCUT2D eigenvalue weighted by atomic mass is 10.1. The fourth-order valence-electron chi connectivity index (χ4n) is 1.21. The minimum atomic E-state index is -0.640. The number of benzene rings is 1. The zero-order chi connectivity index (χ0) is 11.6. The van der Waals surface area contributed by atoms with E-state index in [0.717, 1.165) is 0 Å². The molecule has 80 valence electrons. The fourth-order valence-corrected chi connectivity index (χ4v) is 1.72. The maximum absolute atomic E-state index is 11.4. The fraction of sp³-hybridized carbons (Fsp3) is 0.222. The molecule has 15 heavy (non-hydrogen) atoms. The van der Waals surface area contributed by atoms with Gasteiger partial charge < -0.3 is 0 Å². The molecule has 1 aromatic carbocycles. The number of nitro benzene ring substituents is 1. The highest BCUT2D eigenvalue weighted by atomic mass is 35.5.